The zero-order valence-corrected chi connectivity index (χ0v) is 16.2. The van der Waals surface area contributed by atoms with Gasteiger partial charge in [0.2, 0.25) is 0 Å². The number of hydrogen-bond acceptors (Lipinski definition) is 9. The second kappa shape index (κ2) is 7.75. The minimum Gasteiger partial charge on any atom is -0.389 e. The minimum absolute atomic E-state index is 0.0653. The quantitative estimate of drug-likeness (QED) is 0.563. The van der Waals surface area contributed by atoms with E-state index < -0.39 is 11.9 Å². The van der Waals surface area contributed by atoms with Gasteiger partial charge in [-0.3, -0.25) is 0 Å². The van der Waals surface area contributed by atoms with Crippen molar-refractivity contribution in [2.75, 3.05) is 0 Å². The summed E-state index contributed by atoms with van der Waals surface area (Å²) in [6.07, 6.45) is -4.67. The van der Waals surface area contributed by atoms with Gasteiger partial charge in [-0.15, -0.1) is 27.1 Å². The summed E-state index contributed by atoms with van der Waals surface area (Å²) in [5.41, 5.74) is 5.06. The summed E-state index contributed by atoms with van der Waals surface area (Å²) in [4.78, 5) is 4.93. The van der Waals surface area contributed by atoms with Crippen LogP contribution >= 0.6 is 24.0 Å². The van der Waals surface area contributed by atoms with Crippen LogP contribution in [0.1, 0.15) is 22.8 Å². The molecule has 3 aromatic heterocycles. The first kappa shape index (κ1) is 20.1. The average molecular weight is 430 g/mol. The van der Waals surface area contributed by atoms with Crippen LogP contribution in [0.4, 0.5) is 13.2 Å². The highest BCUT2D eigenvalue weighted by Gasteiger charge is 2.35. The lowest BCUT2D eigenvalue weighted by Gasteiger charge is -2.16. The molecule has 0 unspecified atom stereocenters. The number of thiocarbonyl (C=S) groups is 1. The molecule has 0 aliphatic rings. The fourth-order valence-corrected chi connectivity index (χ4v) is 3.41. The molecule has 0 saturated carbocycles. The Balaban J connectivity index is 2.03. The van der Waals surface area contributed by atoms with Crippen LogP contribution in [0.3, 0.4) is 0 Å². The van der Waals surface area contributed by atoms with E-state index in [9.17, 15) is 13.2 Å². The van der Waals surface area contributed by atoms with Gasteiger partial charge in [-0.05, 0) is 21.7 Å². The molecule has 0 aliphatic carbocycles. The van der Waals surface area contributed by atoms with Gasteiger partial charge >= 0.3 is 6.18 Å². The Bertz CT molecular complexity index is 1010. The molecule has 0 amide bonds. The summed E-state index contributed by atoms with van der Waals surface area (Å²) in [6, 6.07) is 0.846. The summed E-state index contributed by atoms with van der Waals surface area (Å²) in [5.74, 6) is 0.947. The van der Waals surface area contributed by atoms with Crippen molar-refractivity contribution < 1.29 is 13.2 Å². The lowest BCUT2D eigenvalue weighted by Crippen LogP contribution is -2.19. The van der Waals surface area contributed by atoms with E-state index in [0.717, 1.165) is 6.07 Å². The van der Waals surface area contributed by atoms with Crippen molar-refractivity contribution in [1.82, 2.24) is 45.4 Å². The van der Waals surface area contributed by atoms with Crippen molar-refractivity contribution in [2.45, 2.75) is 17.7 Å². The first-order chi connectivity index (χ1) is 13.2. The number of nitrogens with zero attached hydrogens (tertiary/aromatic N) is 9. The summed E-state index contributed by atoms with van der Waals surface area (Å²) in [7, 11) is 3.11. The number of nitrogens with two attached hydrogens (primary N) is 1. The molecule has 0 aromatic carbocycles. The van der Waals surface area contributed by atoms with Gasteiger partial charge in [0.05, 0.1) is 18.5 Å². The second-order valence-corrected chi connectivity index (χ2v) is 6.98. The molecule has 0 atom stereocenters. The fourth-order valence-electron chi connectivity index (χ4n) is 2.38. The predicted octanol–water partition coefficient (Wildman–Crippen LogP) is 0.882. The van der Waals surface area contributed by atoms with Crippen molar-refractivity contribution in [3.63, 3.8) is 0 Å². The SMILES string of the molecule is Cn1nnc(CSCc2nc(C(F)(F)F)cc(-c3nnnn3C)c2C(N)=S)n1. The first-order valence-electron chi connectivity index (χ1n) is 7.61. The molecule has 148 valence electrons. The maximum Gasteiger partial charge on any atom is 0.433 e. The summed E-state index contributed by atoms with van der Waals surface area (Å²) in [6.45, 7) is 0. The standard InChI is InChI=1S/C13H13F3N10S2/c1-25-12(20-22-24-25)6-3-8(13(14,15)16)18-7(10(6)11(17)27)4-28-5-9-19-23-26(2)21-9/h3H,4-5H2,1-2H3,(H2,17,27). The van der Waals surface area contributed by atoms with Gasteiger partial charge in [-0.25, -0.2) is 9.67 Å². The monoisotopic (exact) mass is 430 g/mol. The van der Waals surface area contributed by atoms with Gasteiger partial charge in [0.15, 0.2) is 11.6 Å². The molecule has 3 heterocycles. The molecular weight excluding hydrogens is 417 g/mol. The third-order valence-electron chi connectivity index (χ3n) is 3.51. The number of thioether (sulfide) groups is 1. The first-order valence-corrected chi connectivity index (χ1v) is 9.17. The molecule has 3 aromatic rings. The van der Waals surface area contributed by atoms with E-state index >= 15 is 0 Å². The second-order valence-electron chi connectivity index (χ2n) is 5.55. The van der Waals surface area contributed by atoms with Crippen molar-refractivity contribution >= 4 is 29.0 Å². The maximum absolute atomic E-state index is 13.4. The lowest BCUT2D eigenvalue weighted by atomic mass is 10.0. The zero-order chi connectivity index (χ0) is 20.5. The third-order valence-corrected chi connectivity index (χ3v) is 4.66. The van der Waals surface area contributed by atoms with Crippen molar-refractivity contribution in [1.29, 1.82) is 0 Å². The molecule has 2 N–H and O–H groups in total. The van der Waals surface area contributed by atoms with Crippen LogP contribution in [0.5, 0.6) is 0 Å². The number of hydrogen-bond donors (Lipinski definition) is 1. The number of aromatic nitrogens is 9. The number of pyridine rings is 1. The Morgan fingerprint density at radius 2 is 1.96 bits per heavy atom. The Hall–Kier alpha value is -2.68. The van der Waals surface area contributed by atoms with Crippen LogP contribution in [0.15, 0.2) is 6.07 Å². The van der Waals surface area contributed by atoms with Gasteiger partial charge in [-0.1, -0.05) is 12.2 Å². The van der Waals surface area contributed by atoms with E-state index in [2.05, 4.69) is 35.9 Å². The number of halogens is 3. The topological polar surface area (TPSA) is 126 Å². The van der Waals surface area contributed by atoms with Crippen LogP contribution in [0.2, 0.25) is 0 Å². The molecule has 0 bridgehead atoms. The Labute approximate surface area is 165 Å². The van der Waals surface area contributed by atoms with Crippen LogP contribution < -0.4 is 5.73 Å². The van der Waals surface area contributed by atoms with Crippen molar-refractivity contribution in [3.05, 3.63) is 28.8 Å². The van der Waals surface area contributed by atoms with E-state index in [0.29, 0.717) is 11.6 Å². The largest absolute Gasteiger partial charge is 0.433 e. The zero-order valence-electron chi connectivity index (χ0n) is 14.5. The normalized spacial score (nSPS) is 11.8. The molecule has 28 heavy (non-hydrogen) atoms. The molecule has 15 heteroatoms. The van der Waals surface area contributed by atoms with Gasteiger partial charge in [0.25, 0.3) is 0 Å². The van der Waals surface area contributed by atoms with E-state index in [-0.39, 0.29) is 33.4 Å². The molecule has 0 spiro atoms. The van der Waals surface area contributed by atoms with Crippen LogP contribution in [0.25, 0.3) is 11.4 Å². The van der Waals surface area contributed by atoms with Gasteiger partial charge < -0.3 is 5.73 Å². The fraction of sp³-hybridized carbons (Fsp3) is 0.385. The molecule has 3 rings (SSSR count). The smallest absolute Gasteiger partial charge is 0.389 e. The van der Waals surface area contributed by atoms with Gasteiger partial charge in [0.1, 0.15) is 10.7 Å². The number of tetrazole rings is 2. The summed E-state index contributed by atoms with van der Waals surface area (Å²) >= 11 is 6.32. The van der Waals surface area contributed by atoms with Gasteiger partial charge in [0, 0.05) is 23.9 Å². The Morgan fingerprint density at radius 3 is 2.50 bits per heavy atom. The van der Waals surface area contributed by atoms with E-state index in [1.165, 1.54) is 28.3 Å². The maximum atomic E-state index is 13.4. The summed E-state index contributed by atoms with van der Waals surface area (Å²) in [5, 5.41) is 22.5. The number of alkyl halides is 3. The number of rotatable bonds is 6. The van der Waals surface area contributed by atoms with E-state index in [4.69, 9.17) is 18.0 Å². The molecule has 0 radical (unpaired) electrons. The molecule has 0 aliphatic heterocycles. The number of aryl methyl sites for hydroxylation is 2. The minimum atomic E-state index is -4.67. The van der Waals surface area contributed by atoms with Gasteiger partial charge in [-0.2, -0.15) is 18.0 Å². The van der Waals surface area contributed by atoms with Crippen molar-refractivity contribution in [3.8, 4) is 11.4 Å². The molecular formula is C13H13F3N10S2. The molecule has 0 saturated heterocycles. The van der Waals surface area contributed by atoms with Crippen LogP contribution in [0, 0.1) is 0 Å². The lowest BCUT2D eigenvalue weighted by molar-refractivity contribution is -0.141. The van der Waals surface area contributed by atoms with Crippen molar-refractivity contribution in [2.24, 2.45) is 19.8 Å². The highest BCUT2D eigenvalue weighted by Crippen LogP contribution is 2.34. The molecule has 0 fully saturated rings. The highest BCUT2D eigenvalue weighted by atomic mass is 32.2. The highest BCUT2D eigenvalue weighted by molar-refractivity contribution is 7.97. The predicted molar refractivity (Wildman–Crippen MR) is 96.7 cm³/mol. The van der Waals surface area contributed by atoms with E-state index in [1.807, 2.05) is 0 Å². The average Bonchev–Trinajstić information content (AvgIpc) is 3.21. The molecule has 10 nitrogen and oxygen atoms in total. The Kier molecular flexibility index (Phi) is 5.55. The Morgan fingerprint density at radius 1 is 1.21 bits per heavy atom. The summed E-state index contributed by atoms with van der Waals surface area (Å²) < 4.78 is 41.4. The van der Waals surface area contributed by atoms with Crippen LogP contribution in [-0.2, 0) is 31.8 Å². The third kappa shape index (κ3) is 4.24. The van der Waals surface area contributed by atoms with E-state index in [1.54, 1.807) is 7.05 Å². The van der Waals surface area contributed by atoms with Crippen LogP contribution in [-0.4, -0.2) is 50.4 Å².